The molecule has 4 nitrogen and oxygen atoms in total. The number of hydrogen-bond donors (Lipinski definition) is 1. The van der Waals surface area contributed by atoms with Gasteiger partial charge >= 0.3 is 0 Å². The zero-order valence-corrected chi connectivity index (χ0v) is 12.5. The zero-order valence-electron chi connectivity index (χ0n) is 10.9. The number of halogens is 1. The first-order valence-corrected chi connectivity index (χ1v) is 7.03. The molecule has 1 aliphatic heterocycles. The summed E-state index contributed by atoms with van der Waals surface area (Å²) in [7, 11) is 3.98. The molecular weight excluding hydrogens is 304 g/mol. The van der Waals surface area contributed by atoms with Crippen LogP contribution >= 0.6 is 15.9 Å². The summed E-state index contributed by atoms with van der Waals surface area (Å²) in [5.74, 6) is 1.56. The van der Waals surface area contributed by atoms with Gasteiger partial charge in [-0.05, 0) is 46.1 Å². The molecule has 1 N–H and O–H groups in total. The van der Waals surface area contributed by atoms with Gasteiger partial charge in [0.2, 0.25) is 0 Å². The lowest BCUT2D eigenvalue weighted by Crippen LogP contribution is -2.12. The molecule has 0 radical (unpaired) electrons. The highest BCUT2D eigenvalue weighted by Gasteiger charge is 2.16. The van der Waals surface area contributed by atoms with Crippen LogP contribution in [0.15, 0.2) is 28.9 Å². The lowest BCUT2D eigenvalue weighted by molar-refractivity contribution is 0.956. The smallest absolute Gasteiger partial charge is 0.161 e. The lowest BCUT2D eigenvalue weighted by atomic mass is 10.1. The first-order chi connectivity index (χ1) is 9.19. The van der Waals surface area contributed by atoms with E-state index in [0.717, 1.165) is 34.6 Å². The minimum absolute atomic E-state index is 0.755. The minimum atomic E-state index is 0.755. The number of nitrogens with zero attached hydrogens (tertiary/aromatic N) is 3. The largest absolute Gasteiger partial charge is 0.374 e. The average molecular weight is 319 g/mol. The topological polar surface area (TPSA) is 41.1 Å². The van der Waals surface area contributed by atoms with E-state index in [9.17, 15) is 0 Å². The average Bonchev–Trinajstić information content (AvgIpc) is 2.80. The van der Waals surface area contributed by atoms with Crippen molar-refractivity contribution in [1.29, 1.82) is 0 Å². The first kappa shape index (κ1) is 12.4. The summed E-state index contributed by atoms with van der Waals surface area (Å²) in [5.41, 5.74) is 3.75. The fourth-order valence-corrected chi connectivity index (χ4v) is 2.78. The Morgan fingerprint density at radius 2 is 2.21 bits per heavy atom. The van der Waals surface area contributed by atoms with Crippen molar-refractivity contribution in [2.45, 2.75) is 6.42 Å². The van der Waals surface area contributed by atoms with Crippen LogP contribution < -0.4 is 10.2 Å². The highest BCUT2D eigenvalue weighted by Crippen LogP contribution is 2.31. The van der Waals surface area contributed by atoms with E-state index in [-0.39, 0.29) is 0 Å². The molecule has 0 aliphatic carbocycles. The van der Waals surface area contributed by atoms with E-state index in [4.69, 9.17) is 0 Å². The summed E-state index contributed by atoms with van der Waals surface area (Å²) in [6, 6.07) is 6.44. The van der Waals surface area contributed by atoms with Gasteiger partial charge in [-0.15, -0.1) is 0 Å². The molecule has 1 aliphatic rings. The number of likely N-dealkylation sites (N-methyl/N-ethyl adjacent to an activating group) is 1. The third-order valence-electron chi connectivity index (χ3n) is 3.45. The van der Waals surface area contributed by atoms with Crippen LogP contribution in [-0.4, -0.2) is 30.6 Å². The van der Waals surface area contributed by atoms with E-state index in [1.165, 1.54) is 11.3 Å². The maximum atomic E-state index is 4.52. The highest BCUT2D eigenvalue weighted by molar-refractivity contribution is 9.10. The van der Waals surface area contributed by atoms with E-state index < -0.39 is 0 Å². The third kappa shape index (κ3) is 2.18. The van der Waals surface area contributed by atoms with Crippen molar-refractivity contribution in [3.05, 3.63) is 34.4 Å². The van der Waals surface area contributed by atoms with Crippen LogP contribution in [0.25, 0.3) is 11.4 Å². The summed E-state index contributed by atoms with van der Waals surface area (Å²) in [5, 5.41) is 3.06. The van der Waals surface area contributed by atoms with Crippen LogP contribution in [0.5, 0.6) is 0 Å². The predicted octanol–water partition coefficient (Wildman–Crippen LogP) is 2.94. The monoisotopic (exact) mass is 318 g/mol. The van der Waals surface area contributed by atoms with Gasteiger partial charge in [-0.3, -0.25) is 0 Å². The molecule has 0 atom stereocenters. The first-order valence-electron chi connectivity index (χ1n) is 6.24. The van der Waals surface area contributed by atoms with Crippen LogP contribution in [0.2, 0.25) is 0 Å². The molecular formula is C14H15BrN4. The van der Waals surface area contributed by atoms with Gasteiger partial charge in [-0.2, -0.15) is 0 Å². The van der Waals surface area contributed by atoms with Gasteiger partial charge in [0.25, 0.3) is 0 Å². The zero-order chi connectivity index (χ0) is 13.4. The number of benzene rings is 1. The standard InChI is InChI=1S/C14H15BrN4/c1-16-14-11(15)8-17-13(18-14)10-3-4-12-9(7-10)5-6-19(12)2/h3-4,7-8H,5-6H2,1-2H3,(H,16,17,18). The molecule has 0 saturated carbocycles. The van der Waals surface area contributed by atoms with Crippen LogP contribution in [0.4, 0.5) is 11.5 Å². The van der Waals surface area contributed by atoms with Crippen LogP contribution in [0.3, 0.4) is 0 Å². The number of aromatic nitrogens is 2. The van der Waals surface area contributed by atoms with E-state index >= 15 is 0 Å². The number of rotatable bonds is 2. The van der Waals surface area contributed by atoms with E-state index in [1.54, 1.807) is 6.20 Å². The Morgan fingerprint density at radius 3 is 3.00 bits per heavy atom. The number of nitrogens with one attached hydrogen (secondary N) is 1. The SMILES string of the molecule is CNc1nc(-c2ccc3c(c2)CCN3C)ncc1Br. The Bertz CT molecular complexity index is 627. The fourth-order valence-electron chi connectivity index (χ4n) is 2.39. The Hall–Kier alpha value is -1.62. The van der Waals surface area contributed by atoms with Gasteiger partial charge in [0.15, 0.2) is 5.82 Å². The lowest BCUT2D eigenvalue weighted by Gasteiger charge is -2.12. The molecule has 5 heteroatoms. The summed E-state index contributed by atoms with van der Waals surface area (Å²) >= 11 is 3.43. The number of fused-ring (bicyclic) bond motifs is 1. The second kappa shape index (κ2) is 4.81. The second-order valence-electron chi connectivity index (χ2n) is 4.66. The second-order valence-corrected chi connectivity index (χ2v) is 5.51. The Morgan fingerprint density at radius 1 is 1.37 bits per heavy atom. The van der Waals surface area contributed by atoms with Gasteiger partial charge < -0.3 is 10.2 Å². The van der Waals surface area contributed by atoms with E-state index in [0.29, 0.717) is 0 Å². The van der Waals surface area contributed by atoms with Crippen molar-refractivity contribution in [3.63, 3.8) is 0 Å². The molecule has 19 heavy (non-hydrogen) atoms. The van der Waals surface area contributed by atoms with Crippen molar-refractivity contribution in [2.24, 2.45) is 0 Å². The Balaban J connectivity index is 2.03. The molecule has 0 unspecified atom stereocenters. The molecule has 98 valence electrons. The maximum absolute atomic E-state index is 4.52. The Labute approximate surface area is 121 Å². The summed E-state index contributed by atoms with van der Waals surface area (Å²) in [6.07, 6.45) is 2.88. The molecule has 1 aromatic carbocycles. The molecule has 3 rings (SSSR count). The summed E-state index contributed by atoms with van der Waals surface area (Å²) < 4.78 is 0.875. The van der Waals surface area contributed by atoms with Gasteiger partial charge in [-0.25, -0.2) is 9.97 Å². The predicted molar refractivity (Wildman–Crippen MR) is 81.7 cm³/mol. The molecule has 1 aromatic heterocycles. The van der Waals surface area contributed by atoms with Crippen molar-refractivity contribution >= 4 is 27.4 Å². The van der Waals surface area contributed by atoms with Crippen LogP contribution in [0.1, 0.15) is 5.56 Å². The fraction of sp³-hybridized carbons (Fsp3) is 0.286. The molecule has 2 heterocycles. The normalized spacial score (nSPS) is 13.5. The van der Waals surface area contributed by atoms with E-state index in [2.05, 4.69) is 61.4 Å². The van der Waals surface area contributed by atoms with Crippen molar-refractivity contribution in [3.8, 4) is 11.4 Å². The Kier molecular flexibility index (Phi) is 3.14. The summed E-state index contributed by atoms with van der Waals surface area (Å²) in [6.45, 7) is 1.09. The molecule has 0 amide bonds. The highest BCUT2D eigenvalue weighted by atomic mass is 79.9. The molecule has 2 aromatic rings. The molecule has 0 spiro atoms. The number of hydrogen-bond acceptors (Lipinski definition) is 4. The molecule has 0 bridgehead atoms. The van der Waals surface area contributed by atoms with Crippen molar-refractivity contribution in [2.75, 3.05) is 30.9 Å². The maximum Gasteiger partial charge on any atom is 0.161 e. The quantitative estimate of drug-likeness (QED) is 0.924. The van der Waals surface area contributed by atoms with Gasteiger partial charge in [0.1, 0.15) is 5.82 Å². The van der Waals surface area contributed by atoms with Crippen LogP contribution in [-0.2, 0) is 6.42 Å². The van der Waals surface area contributed by atoms with Gasteiger partial charge in [-0.1, -0.05) is 0 Å². The molecule has 0 saturated heterocycles. The summed E-state index contributed by atoms with van der Waals surface area (Å²) in [4.78, 5) is 11.2. The van der Waals surface area contributed by atoms with E-state index in [1.807, 2.05) is 7.05 Å². The van der Waals surface area contributed by atoms with Crippen LogP contribution in [0, 0.1) is 0 Å². The van der Waals surface area contributed by atoms with Crippen molar-refractivity contribution < 1.29 is 0 Å². The van der Waals surface area contributed by atoms with Gasteiger partial charge in [0, 0.05) is 38.1 Å². The minimum Gasteiger partial charge on any atom is -0.374 e. The third-order valence-corrected chi connectivity index (χ3v) is 4.03. The molecule has 0 fully saturated rings. The number of anilines is 2. The van der Waals surface area contributed by atoms with Gasteiger partial charge in [0.05, 0.1) is 4.47 Å². The van der Waals surface area contributed by atoms with Crippen molar-refractivity contribution in [1.82, 2.24) is 9.97 Å².